The van der Waals surface area contributed by atoms with Gasteiger partial charge in [0.05, 0.1) is 5.69 Å². The monoisotopic (exact) mass is 372 g/mol. The molecule has 0 spiro atoms. The zero-order valence-corrected chi connectivity index (χ0v) is 15.1. The Kier molecular flexibility index (Phi) is 5.22. The van der Waals surface area contributed by atoms with E-state index < -0.39 is 5.91 Å². The highest BCUT2D eigenvalue weighted by atomic mass is 32.1. The van der Waals surface area contributed by atoms with Gasteiger partial charge in [0.25, 0.3) is 11.5 Å². The minimum absolute atomic E-state index is 0.147. The number of rotatable bonds is 5. The molecule has 0 radical (unpaired) electrons. The van der Waals surface area contributed by atoms with Gasteiger partial charge in [-0.25, -0.2) is 14.1 Å². The summed E-state index contributed by atoms with van der Waals surface area (Å²) < 4.78 is 14.3. The fourth-order valence-electron chi connectivity index (χ4n) is 2.43. The van der Waals surface area contributed by atoms with Crippen molar-refractivity contribution in [2.75, 3.05) is 5.32 Å². The molecule has 0 bridgehead atoms. The van der Waals surface area contributed by atoms with Gasteiger partial charge in [-0.3, -0.25) is 14.9 Å². The van der Waals surface area contributed by atoms with Crippen LogP contribution in [-0.2, 0) is 6.54 Å². The van der Waals surface area contributed by atoms with Gasteiger partial charge < -0.3 is 0 Å². The van der Waals surface area contributed by atoms with Crippen molar-refractivity contribution in [2.45, 2.75) is 26.8 Å². The largest absolute Gasteiger partial charge is 0.296 e. The molecule has 0 fully saturated rings. The van der Waals surface area contributed by atoms with E-state index in [0.717, 1.165) is 16.9 Å². The Labute approximate surface area is 153 Å². The van der Waals surface area contributed by atoms with Crippen LogP contribution in [0.3, 0.4) is 0 Å². The second-order valence-electron chi connectivity index (χ2n) is 5.66. The van der Waals surface area contributed by atoms with Gasteiger partial charge in [0.15, 0.2) is 5.13 Å². The van der Waals surface area contributed by atoms with Crippen molar-refractivity contribution in [3.63, 3.8) is 0 Å². The maximum Gasteiger partial charge on any atom is 0.277 e. The Balaban J connectivity index is 1.82. The maximum absolute atomic E-state index is 13.1. The number of hydrogen-bond acceptors (Lipinski definition) is 5. The Morgan fingerprint density at radius 1 is 1.23 bits per heavy atom. The van der Waals surface area contributed by atoms with E-state index in [1.54, 1.807) is 12.1 Å². The molecule has 6 nitrogen and oxygen atoms in total. The lowest BCUT2D eigenvalue weighted by molar-refractivity contribution is 0.101. The van der Waals surface area contributed by atoms with Gasteiger partial charge in [0, 0.05) is 23.1 Å². The summed E-state index contributed by atoms with van der Waals surface area (Å²) >= 11 is 1.32. The molecule has 3 aromatic rings. The molecule has 134 valence electrons. The number of nitrogens with one attached hydrogen (secondary N) is 1. The minimum atomic E-state index is -0.436. The number of nitrogens with zero attached hydrogens (tertiary/aromatic N) is 3. The molecule has 1 N–H and O–H groups in total. The summed E-state index contributed by atoms with van der Waals surface area (Å²) in [6.45, 7) is 4.26. The number of aryl methyl sites for hydroxylation is 2. The third-order valence-corrected chi connectivity index (χ3v) is 4.56. The van der Waals surface area contributed by atoms with E-state index in [1.807, 2.05) is 13.8 Å². The standard InChI is InChI=1S/C18H17FN4O2S/c1-3-10-23-15(24)9-8-14(22-23)17(25)21-18-20-16(11(2)26-18)12-4-6-13(19)7-5-12/h4-9H,3,10H2,1-2H3,(H,20,21,25). The van der Waals surface area contributed by atoms with Crippen LogP contribution in [0, 0.1) is 12.7 Å². The predicted octanol–water partition coefficient (Wildman–Crippen LogP) is 3.48. The summed E-state index contributed by atoms with van der Waals surface area (Å²) in [5.41, 5.74) is 1.37. The number of hydrogen-bond donors (Lipinski definition) is 1. The van der Waals surface area contributed by atoms with Crippen molar-refractivity contribution >= 4 is 22.4 Å². The molecule has 0 aliphatic rings. The molecule has 0 aliphatic carbocycles. The van der Waals surface area contributed by atoms with Crippen LogP contribution < -0.4 is 10.9 Å². The summed E-state index contributed by atoms with van der Waals surface area (Å²) in [5.74, 6) is -0.752. The average molecular weight is 372 g/mol. The zero-order valence-electron chi connectivity index (χ0n) is 14.3. The summed E-state index contributed by atoms with van der Waals surface area (Å²) in [4.78, 5) is 29.4. The van der Waals surface area contributed by atoms with Gasteiger partial charge in [0.1, 0.15) is 11.5 Å². The number of anilines is 1. The summed E-state index contributed by atoms with van der Waals surface area (Å²) in [5, 5.41) is 7.21. The first-order chi connectivity index (χ1) is 12.5. The molecular weight excluding hydrogens is 355 g/mol. The Morgan fingerprint density at radius 3 is 2.65 bits per heavy atom. The SMILES string of the molecule is CCCn1nc(C(=O)Nc2nc(-c3ccc(F)cc3)c(C)s2)ccc1=O. The lowest BCUT2D eigenvalue weighted by Crippen LogP contribution is -2.26. The number of aromatic nitrogens is 3. The van der Waals surface area contributed by atoms with Crippen molar-refractivity contribution in [3.8, 4) is 11.3 Å². The lowest BCUT2D eigenvalue weighted by Gasteiger charge is -2.05. The Bertz CT molecular complexity index is 995. The van der Waals surface area contributed by atoms with Crippen LogP contribution in [0.1, 0.15) is 28.7 Å². The van der Waals surface area contributed by atoms with Gasteiger partial charge in [-0.1, -0.05) is 6.92 Å². The summed E-state index contributed by atoms with van der Waals surface area (Å²) in [6.07, 6.45) is 0.741. The quantitative estimate of drug-likeness (QED) is 0.744. The van der Waals surface area contributed by atoms with Crippen molar-refractivity contribution in [2.24, 2.45) is 0 Å². The molecular formula is C18H17FN4O2S. The third kappa shape index (κ3) is 3.85. The van der Waals surface area contributed by atoms with E-state index in [-0.39, 0.29) is 17.1 Å². The maximum atomic E-state index is 13.1. The molecule has 2 heterocycles. The lowest BCUT2D eigenvalue weighted by atomic mass is 10.1. The molecule has 8 heteroatoms. The number of thiazole rings is 1. The van der Waals surface area contributed by atoms with E-state index >= 15 is 0 Å². The molecule has 0 atom stereocenters. The first-order valence-corrected chi connectivity index (χ1v) is 8.92. The highest BCUT2D eigenvalue weighted by Crippen LogP contribution is 2.30. The number of carbonyl (C=O) groups excluding carboxylic acids is 1. The van der Waals surface area contributed by atoms with Gasteiger partial charge in [-0.2, -0.15) is 5.10 Å². The highest BCUT2D eigenvalue weighted by Gasteiger charge is 2.15. The topological polar surface area (TPSA) is 76.9 Å². The summed E-state index contributed by atoms with van der Waals surface area (Å²) in [6, 6.07) is 8.75. The molecule has 1 aromatic carbocycles. The van der Waals surface area contributed by atoms with Crippen LogP contribution >= 0.6 is 11.3 Å². The third-order valence-electron chi connectivity index (χ3n) is 3.67. The van der Waals surface area contributed by atoms with E-state index in [9.17, 15) is 14.0 Å². The van der Waals surface area contributed by atoms with Crippen molar-refractivity contribution in [1.82, 2.24) is 14.8 Å². The molecule has 0 saturated heterocycles. The zero-order chi connectivity index (χ0) is 18.7. The Hall–Kier alpha value is -2.87. The molecule has 2 aromatic heterocycles. The second kappa shape index (κ2) is 7.57. The van der Waals surface area contributed by atoms with E-state index in [4.69, 9.17) is 0 Å². The fourth-order valence-corrected chi connectivity index (χ4v) is 3.26. The number of carbonyl (C=O) groups is 1. The van der Waals surface area contributed by atoms with Crippen molar-refractivity contribution in [1.29, 1.82) is 0 Å². The van der Waals surface area contributed by atoms with Crippen LogP contribution in [0.25, 0.3) is 11.3 Å². The smallest absolute Gasteiger partial charge is 0.277 e. The molecule has 26 heavy (non-hydrogen) atoms. The molecule has 1 amide bonds. The number of halogens is 1. The molecule has 0 saturated carbocycles. The highest BCUT2D eigenvalue weighted by molar-refractivity contribution is 7.16. The molecule has 0 aliphatic heterocycles. The second-order valence-corrected chi connectivity index (χ2v) is 6.87. The van der Waals surface area contributed by atoms with Crippen LogP contribution in [-0.4, -0.2) is 20.7 Å². The van der Waals surface area contributed by atoms with E-state index in [2.05, 4.69) is 15.4 Å². The van der Waals surface area contributed by atoms with Crippen LogP contribution in [0.4, 0.5) is 9.52 Å². The number of benzene rings is 1. The van der Waals surface area contributed by atoms with Crippen LogP contribution in [0.2, 0.25) is 0 Å². The molecule has 0 unspecified atom stereocenters. The fraction of sp³-hybridized carbons (Fsp3) is 0.222. The van der Waals surface area contributed by atoms with Crippen molar-refractivity contribution < 1.29 is 9.18 Å². The van der Waals surface area contributed by atoms with Crippen molar-refractivity contribution in [3.05, 3.63) is 63.1 Å². The van der Waals surface area contributed by atoms with Gasteiger partial charge in [0.2, 0.25) is 0 Å². The van der Waals surface area contributed by atoms with Crippen LogP contribution in [0.5, 0.6) is 0 Å². The Morgan fingerprint density at radius 2 is 1.96 bits per heavy atom. The first-order valence-electron chi connectivity index (χ1n) is 8.11. The van der Waals surface area contributed by atoms with Gasteiger partial charge in [-0.15, -0.1) is 11.3 Å². The van der Waals surface area contributed by atoms with Gasteiger partial charge in [-0.05, 0) is 43.7 Å². The van der Waals surface area contributed by atoms with E-state index in [0.29, 0.717) is 17.4 Å². The van der Waals surface area contributed by atoms with Crippen LogP contribution in [0.15, 0.2) is 41.2 Å². The summed E-state index contributed by atoms with van der Waals surface area (Å²) in [7, 11) is 0. The normalized spacial score (nSPS) is 10.7. The molecule has 3 rings (SSSR count). The predicted molar refractivity (Wildman–Crippen MR) is 99.0 cm³/mol. The van der Waals surface area contributed by atoms with E-state index in [1.165, 1.54) is 40.3 Å². The number of amides is 1. The minimum Gasteiger partial charge on any atom is -0.296 e. The van der Waals surface area contributed by atoms with Gasteiger partial charge >= 0.3 is 0 Å². The first kappa shape index (κ1) is 17.9. The average Bonchev–Trinajstić information content (AvgIpc) is 2.98.